The van der Waals surface area contributed by atoms with Crippen molar-refractivity contribution in [2.24, 2.45) is 0 Å². The lowest BCUT2D eigenvalue weighted by atomic mass is 10.3. The Bertz CT molecular complexity index is 721. The van der Waals surface area contributed by atoms with Crippen molar-refractivity contribution in [2.45, 2.75) is 0 Å². The van der Waals surface area contributed by atoms with E-state index in [1.807, 2.05) is 36.4 Å². The van der Waals surface area contributed by atoms with Crippen LogP contribution in [0.15, 0.2) is 42.5 Å². The van der Waals surface area contributed by atoms with Crippen LogP contribution in [0.4, 0.5) is 10.8 Å². The van der Waals surface area contributed by atoms with Gasteiger partial charge in [0.05, 0.1) is 10.2 Å². The number of nitrogens with zero attached hydrogens (tertiary/aromatic N) is 1. The number of anilines is 2. The van der Waals surface area contributed by atoms with Crippen LogP contribution in [0.1, 0.15) is 0 Å². The van der Waals surface area contributed by atoms with Gasteiger partial charge in [-0.25, -0.2) is 4.98 Å². The van der Waals surface area contributed by atoms with Crippen molar-refractivity contribution < 1.29 is 9.47 Å². The summed E-state index contributed by atoms with van der Waals surface area (Å²) in [7, 11) is 0. The van der Waals surface area contributed by atoms with Gasteiger partial charge in [-0.3, -0.25) is 0 Å². The topological polar surface area (TPSA) is 43.4 Å². The Labute approximate surface area is 113 Å². The third-order valence-corrected chi connectivity index (χ3v) is 3.87. The molecule has 0 atom stereocenters. The monoisotopic (exact) mass is 270 g/mol. The van der Waals surface area contributed by atoms with Gasteiger partial charge in [0.15, 0.2) is 16.6 Å². The zero-order chi connectivity index (χ0) is 12.7. The molecule has 5 heteroatoms. The number of aromatic nitrogens is 1. The first kappa shape index (κ1) is 10.6. The van der Waals surface area contributed by atoms with Crippen LogP contribution in [0.2, 0.25) is 0 Å². The SMILES string of the molecule is c1ccc2sc(Nc3ccc4c(c3)OCO4)nc2c1. The Kier molecular flexibility index (Phi) is 2.31. The fraction of sp³-hybridized carbons (Fsp3) is 0.0714. The smallest absolute Gasteiger partial charge is 0.231 e. The van der Waals surface area contributed by atoms with Crippen molar-refractivity contribution in [2.75, 3.05) is 12.1 Å². The number of fused-ring (bicyclic) bond motifs is 2. The second-order valence-electron chi connectivity index (χ2n) is 4.18. The van der Waals surface area contributed by atoms with Crippen LogP contribution in [-0.2, 0) is 0 Å². The molecule has 2 heterocycles. The molecule has 1 N–H and O–H groups in total. The molecule has 0 amide bonds. The van der Waals surface area contributed by atoms with Crippen LogP contribution in [0.5, 0.6) is 11.5 Å². The average molecular weight is 270 g/mol. The number of para-hydroxylation sites is 1. The van der Waals surface area contributed by atoms with Gasteiger partial charge in [0.1, 0.15) is 0 Å². The minimum absolute atomic E-state index is 0.292. The quantitative estimate of drug-likeness (QED) is 0.769. The van der Waals surface area contributed by atoms with E-state index >= 15 is 0 Å². The van der Waals surface area contributed by atoms with Crippen LogP contribution >= 0.6 is 11.3 Å². The molecule has 1 aromatic heterocycles. The number of ether oxygens (including phenoxy) is 2. The molecule has 0 aliphatic carbocycles. The number of nitrogens with one attached hydrogen (secondary N) is 1. The normalized spacial score (nSPS) is 12.8. The minimum atomic E-state index is 0.292. The van der Waals surface area contributed by atoms with Gasteiger partial charge in [-0.2, -0.15) is 0 Å². The molecule has 0 bridgehead atoms. The maximum atomic E-state index is 5.36. The summed E-state index contributed by atoms with van der Waals surface area (Å²) < 4.78 is 11.8. The Morgan fingerprint density at radius 3 is 2.89 bits per heavy atom. The van der Waals surface area contributed by atoms with Crippen LogP contribution in [0, 0.1) is 0 Å². The molecule has 1 aliphatic rings. The van der Waals surface area contributed by atoms with Gasteiger partial charge in [0, 0.05) is 11.8 Å². The van der Waals surface area contributed by atoms with Crippen LogP contribution < -0.4 is 14.8 Å². The molecule has 0 unspecified atom stereocenters. The van der Waals surface area contributed by atoms with Gasteiger partial charge in [-0.15, -0.1) is 0 Å². The summed E-state index contributed by atoms with van der Waals surface area (Å²) >= 11 is 1.63. The van der Waals surface area contributed by atoms with E-state index in [9.17, 15) is 0 Å². The highest BCUT2D eigenvalue weighted by Crippen LogP contribution is 2.36. The highest BCUT2D eigenvalue weighted by molar-refractivity contribution is 7.22. The second kappa shape index (κ2) is 4.13. The summed E-state index contributed by atoms with van der Waals surface area (Å²) in [6, 6.07) is 13.9. The fourth-order valence-electron chi connectivity index (χ4n) is 2.02. The summed E-state index contributed by atoms with van der Waals surface area (Å²) in [6.07, 6.45) is 0. The lowest BCUT2D eigenvalue weighted by molar-refractivity contribution is 0.174. The third-order valence-electron chi connectivity index (χ3n) is 2.92. The van der Waals surface area contributed by atoms with E-state index in [1.54, 1.807) is 11.3 Å². The predicted molar refractivity (Wildman–Crippen MR) is 75.5 cm³/mol. The molecule has 94 valence electrons. The Hall–Kier alpha value is -2.27. The van der Waals surface area contributed by atoms with Gasteiger partial charge in [-0.1, -0.05) is 23.5 Å². The lowest BCUT2D eigenvalue weighted by Gasteiger charge is -2.03. The van der Waals surface area contributed by atoms with Gasteiger partial charge >= 0.3 is 0 Å². The molecule has 0 saturated heterocycles. The van der Waals surface area contributed by atoms with E-state index in [2.05, 4.69) is 16.4 Å². The predicted octanol–water partition coefficient (Wildman–Crippen LogP) is 3.77. The molecule has 4 nitrogen and oxygen atoms in total. The molecule has 3 aromatic rings. The lowest BCUT2D eigenvalue weighted by Crippen LogP contribution is -1.93. The number of hydrogen-bond acceptors (Lipinski definition) is 5. The van der Waals surface area contributed by atoms with Gasteiger partial charge in [0.25, 0.3) is 0 Å². The molecule has 0 radical (unpaired) electrons. The number of rotatable bonds is 2. The maximum Gasteiger partial charge on any atom is 0.231 e. The second-order valence-corrected chi connectivity index (χ2v) is 5.21. The Morgan fingerprint density at radius 1 is 1.05 bits per heavy atom. The van der Waals surface area contributed by atoms with E-state index in [0.29, 0.717) is 6.79 Å². The van der Waals surface area contributed by atoms with Gasteiger partial charge in [0.2, 0.25) is 6.79 Å². The van der Waals surface area contributed by atoms with E-state index in [0.717, 1.165) is 27.8 Å². The van der Waals surface area contributed by atoms with Crippen molar-refractivity contribution >= 4 is 32.4 Å². The first-order chi connectivity index (χ1) is 9.38. The third kappa shape index (κ3) is 1.88. The average Bonchev–Trinajstić information content (AvgIpc) is 3.03. The molecular weight excluding hydrogens is 260 g/mol. The van der Waals surface area contributed by atoms with Crippen molar-refractivity contribution in [1.29, 1.82) is 0 Å². The van der Waals surface area contributed by atoms with E-state index in [-0.39, 0.29) is 0 Å². The van der Waals surface area contributed by atoms with Crippen molar-refractivity contribution in [3.05, 3.63) is 42.5 Å². The summed E-state index contributed by atoms with van der Waals surface area (Å²) in [5.74, 6) is 1.56. The van der Waals surface area contributed by atoms with Crippen LogP contribution in [0.3, 0.4) is 0 Å². The van der Waals surface area contributed by atoms with Crippen molar-refractivity contribution in [3.8, 4) is 11.5 Å². The molecule has 4 rings (SSSR count). The first-order valence-corrected chi connectivity index (χ1v) is 6.72. The zero-order valence-electron chi connectivity index (χ0n) is 9.92. The molecule has 0 saturated carbocycles. The summed E-state index contributed by atoms with van der Waals surface area (Å²) in [4.78, 5) is 4.54. The van der Waals surface area contributed by atoms with E-state index in [4.69, 9.17) is 9.47 Å². The molecule has 2 aromatic carbocycles. The summed E-state index contributed by atoms with van der Waals surface area (Å²) in [5, 5.41) is 4.17. The number of hydrogen-bond donors (Lipinski definition) is 1. The van der Waals surface area contributed by atoms with Crippen LogP contribution in [0.25, 0.3) is 10.2 Å². The van der Waals surface area contributed by atoms with Crippen molar-refractivity contribution in [3.63, 3.8) is 0 Å². The van der Waals surface area contributed by atoms with Gasteiger partial charge < -0.3 is 14.8 Å². The summed E-state index contributed by atoms with van der Waals surface area (Å²) in [5.41, 5.74) is 1.96. The maximum absolute atomic E-state index is 5.36. The highest BCUT2D eigenvalue weighted by Gasteiger charge is 2.13. The molecule has 0 spiro atoms. The molecular formula is C14H10N2O2S. The van der Waals surface area contributed by atoms with Crippen LogP contribution in [-0.4, -0.2) is 11.8 Å². The minimum Gasteiger partial charge on any atom is -0.454 e. The first-order valence-electron chi connectivity index (χ1n) is 5.91. The molecule has 1 aliphatic heterocycles. The standard InChI is InChI=1S/C14H10N2O2S/c1-2-4-13-10(3-1)16-14(19-13)15-9-5-6-11-12(7-9)18-8-17-11/h1-7H,8H2,(H,15,16). The van der Waals surface area contributed by atoms with E-state index < -0.39 is 0 Å². The Balaban J connectivity index is 1.67. The zero-order valence-corrected chi connectivity index (χ0v) is 10.7. The van der Waals surface area contributed by atoms with Crippen molar-refractivity contribution in [1.82, 2.24) is 4.98 Å². The highest BCUT2D eigenvalue weighted by atomic mass is 32.1. The molecule has 19 heavy (non-hydrogen) atoms. The number of benzene rings is 2. The fourth-order valence-corrected chi connectivity index (χ4v) is 2.91. The largest absolute Gasteiger partial charge is 0.454 e. The van der Waals surface area contributed by atoms with E-state index in [1.165, 1.54) is 4.70 Å². The Morgan fingerprint density at radius 2 is 1.95 bits per heavy atom. The summed E-state index contributed by atoms with van der Waals surface area (Å²) in [6.45, 7) is 0.292. The number of thiazole rings is 1. The molecule has 0 fully saturated rings. The van der Waals surface area contributed by atoms with Gasteiger partial charge in [-0.05, 0) is 24.3 Å².